The summed E-state index contributed by atoms with van der Waals surface area (Å²) in [6, 6.07) is 0. The van der Waals surface area contributed by atoms with Gasteiger partial charge in [0.15, 0.2) is 0 Å². The molecule has 1 aliphatic heterocycles. The van der Waals surface area contributed by atoms with Crippen LogP contribution in [0.2, 0.25) is 0 Å². The normalized spacial score (nSPS) is 19.4. The fourth-order valence-corrected chi connectivity index (χ4v) is 2.97. The second kappa shape index (κ2) is 11.5. The van der Waals surface area contributed by atoms with Gasteiger partial charge in [-0.15, -0.1) is 0 Å². The van der Waals surface area contributed by atoms with Crippen molar-refractivity contribution in [1.82, 2.24) is 14.9 Å². The Morgan fingerprint density at radius 1 is 1.09 bits per heavy atom. The van der Waals surface area contributed by atoms with Gasteiger partial charge >= 0.3 is 12.3 Å². The molecule has 2 atom stereocenters. The Bertz CT molecular complexity index is 736. The topological polar surface area (TPSA) is 75.6 Å². The lowest BCUT2D eigenvalue weighted by Gasteiger charge is -2.23. The Kier molecular flexibility index (Phi) is 9.91. The fourth-order valence-electron chi connectivity index (χ4n) is 2.97. The van der Waals surface area contributed by atoms with Crippen LogP contribution in [0, 0.1) is 11.8 Å². The van der Waals surface area contributed by atoms with E-state index in [-0.39, 0.29) is 12.3 Å². The van der Waals surface area contributed by atoms with Crippen molar-refractivity contribution in [3.63, 3.8) is 0 Å². The highest BCUT2D eigenvalue weighted by Crippen LogP contribution is 2.29. The highest BCUT2D eigenvalue weighted by atomic mass is 19.4. The zero-order chi connectivity index (χ0) is 24.7. The number of ether oxygens (including phenoxy) is 1. The van der Waals surface area contributed by atoms with Crippen LogP contribution >= 0.6 is 0 Å². The van der Waals surface area contributed by atoms with Crippen molar-refractivity contribution in [3.8, 4) is 0 Å². The molecule has 0 aliphatic carbocycles. The number of carbonyl (C=O) groups is 2. The minimum Gasteiger partial charge on any atom is -0.444 e. The quantitative estimate of drug-likeness (QED) is 0.644. The van der Waals surface area contributed by atoms with Crippen molar-refractivity contribution in [3.05, 3.63) is 18.0 Å². The highest BCUT2D eigenvalue weighted by molar-refractivity contribution is 5.81. The number of likely N-dealkylation sites (N-methyl/N-ethyl adjacent to an activating group) is 1. The number of rotatable bonds is 3. The number of nitrogens with zero attached hydrogens (tertiary/aromatic N) is 4. The number of ketones is 1. The number of hydrogen-bond donors (Lipinski definition) is 0. The van der Waals surface area contributed by atoms with E-state index < -0.39 is 23.4 Å². The lowest BCUT2D eigenvalue weighted by atomic mass is 9.92. The standard InChI is InChI=1S/C13H18F3N3.C9H17NO3/c1-9-3-5-19(6-4-10(9)2)12-17-7-11(8-18-12)13(14,15)16;1-7(11)6-10(5)8(12)13-9(2,3)4/h7-10H,3-6H2,1-2H3;6H2,1-5H3. The molecule has 32 heavy (non-hydrogen) atoms. The van der Waals surface area contributed by atoms with Gasteiger partial charge in [0.05, 0.1) is 12.1 Å². The molecule has 10 heteroatoms. The summed E-state index contributed by atoms with van der Waals surface area (Å²) >= 11 is 0. The summed E-state index contributed by atoms with van der Waals surface area (Å²) in [6.45, 7) is 12.9. The molecule has 2 heterocycles. The van der Waals surface area contributed by atoms with E-state index in [2.05, 4.69) is 23.8 Å². The molecule has 0 radical (unpaired) electrons. The van der Waals surface area contributed by atoms with Gasteiger partial charge in [-0.05, 0) is 52.4 Å². The number of Topliss-reactive ketones (excluding diaryl/α,β-unsaturated/α-hetero) is 1. The van der Waals surface area contributed by atoms with Crippen LogP contribution in [0.1, 0.15) is 59.9 Å². The summed E-state index contributed by atoms with van der Waals surface area (Å²) in [5.41, 5.74) is -1.31. The maximum atomic E-state index is 12.4. The van der Waals surface area contributed by atoms with E-state index in [9.17, 15) is 22.8 Å². The third-order valence-electron chi connectivity index (χ3n) is 5.09. The van der Waals surface area contributed by atoms with E-state index in [1.165, 1.54) is 18.9 Å². The fraction of sp³-hybridized carbons (Fsp3) is 0.727. The molecule has 1 saturated heterocycles. The monoisotopic (exact) mass is 460 g/mol. The molecule has 182 valence electrons. The number of carbonyl (C=O) groups excluding carboxylic acids is 2. The molecule has 2 unspecified atom stereocenters. The summed E-state index contributed by atoms with van der Waals surface area (Å²) in [5.74, 6) is 1.58. The third-order valence-corrected chi connectivity index (χ3v) is 5.09. The van der Waals surface area contributed by atoms with Crippen LogP contribution in [0.4, 0.5) is 23.9 Å². The minimum absolute atomic E-state index is 0.0617. The van der Waals surface area contributed by atoms with E-state index in [0.29, 0.717) is 17.8 Å². The molecule has 0 saturated carbocycles. The molecule has 1 aromatic rings. The van der Waals surface area contributed by atoms with Crippen molar-refractivity contribution < 1.29 is 27.5 Å². The van der Waals surface area contributed by atoms with E-state index >= 15 is 0 Å². The maximum Gasteiger partial charge on any atom is 0.419 e. The first-order chi connectivity index (χ1) is 14.6. The third kappa shape index (κ3) is 9.82. The summed E-state index contributed by atoms with van der Waals surface area (Å²) in [7, 11) is 1.54. The summed E-state index contributed by atoms with van der Waals surface area (Å²) in [6.07, 6.45) is -1.08. The van der Waals surface area contributed by atoms with Gasteiger partial charge in [-0.1, -0.05) is 13.8 Å². The van der Waals surface area contributed by atoms with Crippen LogP contribution in [-0.2, 0) is 15.7 Å². The average Bonchev–Trinajstić information content (AvgIpc) is 2.81. The van der Waals surface area contributed by atoms with Crippen LogP contribution in [0.5, 0.6) is 0 Å². The average molecular weight is 461 g/mol. The van der Waals surface area contributed by atoms with E-state index in [4.69, 9.17) is 4.74 Å². The second-order valence-corrected chi connectivity index (χ2v) is 9.33. The first kappa shape index (κ1) is 27.6. The number of halogens is 3. The van der Waals surface area contributed by atoms with E-state index in [1.807, 2.05) is 4.90 Å². The Hall–Kier alpha value is -2.39. The van der Waals surface area contributed by atoms with Gasteiger partial charge in [0.2, 0.25) is 5.95 Å². The molecule has 0 aromatic carbocycles. The molecule has 0 spiro atoms. The number of hydrogen-bond acceptors (Lipinski definition) is 6. The van der Waals surface area contributed by atoms with Crippen molar-refractivity contribution >= 4 is 17.8 Å². The molecule has 7 nitrogen and oxygen atoms in total. The lowest BCUT2D eigenvalue weighted by molar-refractivity contribution is -0.138. The van der Waals surface area contributed by atoms with Crippen LogP contribution in [0.3, 0.4) is 0 Å². The van der Waals surface area contributed by atoms with E-state index in [0.717, 1.165) is 38.3 Å². The largest absolute Gasteiger partial charge is 0.444 e. The molecule has 1 aliphatic rings. The number of amides is 1. The van der Waals surface area contributed by atoms with Crippen molar-refractivity contribution in [2.24, 2.45) is 11.8 Å². The van der Waals surface area contributed by atoms with Gasteiger partial charge in [0, 0.05) is 32.5 Å². The van der Waals surface area contributed by atoms with Crippen LogP contribution < -0.4 is 4.90 Å². The molecular formula is C22H35F3N4O3. The molecule has 0 bridgehead atoms. The maximum absolute atomic E-state index is 12.4. The lowest BCUT2D eigenvalue weighted by Crippen LogP contribution is -2.36. The molecule has 2 rings (SSSR count). The Morgan fingerprint density at radius 2 is 1.56 bits per heavy atom. The smallest absolute Gasteiger partial charge is 0.419 e. The summed E-state index contributed by atoms with van der Waals surface area (Å²) in [4.78, 5) is 32.9. The predicted molar refractivity (Wildman–Crippen MR) is 116 cm³/mol. The van der Waals surface area contributed by atoms with Crippen molar-refractivity contribution in [2.75, 3.05) is 31.6 Å². The van der Waals surface area contributed by atoms with Crippen LogP contribution in [-0.4, -0.2) is 59.0 Å². The van der Waals surface area contributed by atoms with Crippen LogP contribution in [0.25, 0.3) is 0 Å². The van der Waals surface area contributed by atoms with Gasteiger partial charge in [-0.3, -0.25) is 4.79 Å². The zero-order valence-corrected chi connectivity index (χ0v) is 20.0. The van der Waals surface area contributed by atoms with Gasteiger partial charge in [0.1, 0.15) is 11.4 Å². The molecule has 1 amide bonds. The molecule has 1 fully saturated rings. The van der Waals surface area contributed by atoms with Crippen LogP contribution in [0.15, 0.2) is 12.4 Å². The van der Waals surface area contributed by atoms with Crippen molar-refractivity contribution in [1.29, 1.82) is 0 Å². The minimum atomic E-state index is -4.37. The zero-order valence-electron chi connectivity index (χ0n) is 20.0. The predicted octanol–water partition coefficient (Wildman–Crippen LogP) is 4.81. The van der Waals surface area contributed by atoms with Crippen molar-refractivity contribution in [2.45, 2.75) is 66.2 Å². The summed E-state index contributed by atoms with van der Waals surface area (Å²) < 4.78 is 42.3. The first-order valence-corrected chi connectivity index (χ1v) is 10.7. The molecule has 1 aromatic heterocycles. The number of anilines is 1. The van der Waals surface area contributed by atoms with Gasteiger partial charge in [-0.25, -0.2) is 14.8 Å². The summed E-state index contributed by atoms with van der Waals surface area (Å²) in [5, 5.41) is 0. The Balaban J connectivity index is 0.000000347. The van der Waals surface area contributed by atoms with Gasteiger partial charge in [-0.2, -0.15) is 13.2 Å². The second-order valence-electron chi connectivity index (χ2n) is 9.33. The highest BCUT2D eigenvalue weighted by Gasteiger charge is 2.31. The van der Waals surface area contributed by atoms with Gasteiger partial charge in [0.25, 0.3) is 0 Å². The SMILES string of the molecule is CC(=O)CN(C)C(=O)OC(C)(C)C.CC1CCN(c2ncc(C(F)(F)F)cn2)CCC1C. The Morgan fingerprint density at radius 3 is 1.94 bits per heavy atom. The van der Waals surface area contributed by atoms with E-state index in [1.54, 1.807) is 20.8 Å². The number of aromatic nitrogens is 2. The molecular weight excluding hydrogens is 425 g/mol. The Labute approximate surface area is 188 Å². The number of alkyl halides is 3. The molecule has 0 N–H and O–H groups in total. The van der Waals surface area contributed by atoms with Gasteiger partial charge < -0.3 is 14.5 Å². The first-order valence-electron chi connectivity index (χ1n) is 10.7.